The van der Waals surface area contributed by atoms with Crippen LogP contribution in [-0.4, -0.2) is 5.92 Å². The first-order valence-corrected chi connectivity index (χ1v) is 3.04. The van der Waals surface area contributed by atoms with Gasteiger partial charge in [0.25, 0.3) is 5.92 Å². The fourth-order valence-corrected chi connectivity index (χ4v) is 0.912. The molecular formula is C7H10F2. The molecule has 0 saturated heterocycles. The Morgan fingerprint density at radius 1 is 1.78 bits per heavy atom. The standard InChI is InChI=1S/C7H10F2/c1-5(2)3-6-4-7(6,8)9/h6H,1,3-4H2,2H3. The molecule has 0 radical (unpaired) electrons. The molecule has 0 amide bonds. The Hall–Kier alpha value is -0.400. The number of hydrogen-bond acceptors (Lipinski definition) is 0. The summed E-state index contributed by atoms with van der Waals surface area (Å²) in [5.41, 5.74) is 0.858. The molecule has 0 bridgehead atoms. The van der Waals surface area contributed by atoms with Crippen LogP contribution in [0.1, 0.15) is 19.8 Å². The molecule has 1 unspecified atom stereocenters. The van der Waals surface area contributed by atoms with Crippen molar-refractivity contribution in [3.05, 3.63) is 12.2 Å². The summed E-state index contributed by atoms with van der Waals surface area (Å²) < 4.78 is 24.2. The normalized spacial score (nSPS) is 29.9. The minimum Gasteiger partial charge on any atom is -0.207 e. The van der Waals surface area contributed by atoms with E-state index in [0.717, 1.165) is 5.57 Å². The van der Waals surface area contributed by atoms with Gasteiger partial charge < -0.3 is 0 Å². The zero-order valence-corrected chi connectivity index (χ0v) is 5.45. The van der Waals surface area contributed by atoms with Crippen LogP contribution in [-0.2, 0) is 0 Å². The molecule has 2 heteroatoms. The Morgan fingerprint density at radius 2 is 2.22 bits per heavy atom. The highest BCUT2D eigenvalue weighted by atomic mass is 19.3. The fourth-order valence-electron chi connectivity index (χ4n) is 0.912. The topological polar surface area (TPSA) is 0 Å². The molecule has 1 fully saturated rings. The first kappa shape index (κ1) is 6.72. The Kier molecular flexibility index (Phi) is 1.34. The SMILES string of the molecule is C=C(C)CC1CC1(F)F. The van der Waals surface area contributed by atoms with Crippen LogP contribution in [0, 0.1) is 5.92 Å². The minimum absolute atomic E-state index is 0.0693. The monoisotopic (exact) mass is 132 g/mol. The molecule has 1 atom stereocenters. The first-order valence-electron chi connectivity index (χ1n) is 3.04. The Morgan fingerprint density at radius 3 is 2.33 bits per heavy atom. The second-order valence-electron chi connectivity index (χ2n) is 2.82. The highest BCUT2D eigenvalue weighted by molar-refractivity contribution is 5.03. The molecule has 9 heavy (non-hydrogen) atoms. The Bertz CT molecular complexity index is 138. The van der Waals surface area contributed by atoms with Crippen LogP contribution < -0.4 is 0 Å². The molecule has 1 aliphatic rings. The highest BCUT2D eigenvalue weighted by Gasteiger charge is 2.56. The van der Waals surface area contributed by atoms with Crippen molar-refractivity contribution in [1.82, 2.24) is 0 Å². The second kappa shape index (κ2) is 1.79. The summed E-state index contributed by atoms with van der Waals surface area (Å²) in [5, 5.41) is 0. The second-order valence-corrected chi connectivity index (χ2v) is 2.82. The summed E-state index contributed by atoms with van der Waals surface area (Å²) in [7, 11) is 0. The van der Waals surface area contributed by atoms with E-state index in [1.54, 1.807) is 6.92 Å². The highest BCUT2D eigenvalue weighted by Crippen LogP contribution is 2.51. The average Bonchev–Trinajstić information content (AvgIpc) is 2.10. The van der Waals surface area contributed by atoms with Crippen molar-refractivity contribution < 1.29 is 8.78 Å². The van der Waals surface area contributed by atoms with E-state index >= 15 is 0 Å². The minimum atomic E-state index is -2.36. The van der Waals surface area contributed by atoms with Crippen LogP contribution in [0.4, 0.5) is 8.78 Å². The van der Waals surface area contributed by atoms with E-state index in [0.29, 0.717) is 6.42 Å². The quantitative estimate of drug-likeness (QED) is 0.506. The summed E-state index contributed by atoms with van der Waals surface area (Å²) in [6.07, 6.45) is 0.562. The molecule has 0 N–H and O–H groups in total. The van der Waals surface area contributed by atoms with E-state index in [2.05, 4.69) is 6.58 Å². The van der Waals surface area contributed by atoms with Gasteiger partial charge in [-0.25, -0.2) is 8.78 Å². The maximum Gasteiger partial charge on any atom is 0.251 e. The number of hydrogen-bond donors (Lipinski definition) is 0. The Labute approximate surface area is 53.6 Å². The van der Waals surface area contributed by atoms with Crippen LogP contribution >= 0.6 is 0 Å². The van der Waals surface area contributed by atoms with Crippen molar-refractivity contribution in [3.8, 4) is 0 Å². The van der Waals surface area contributed by atoms with Crippen LogP contribution in [0.2, 0.25) is 0 Å². The molecule has 1 rings (SSSR count). The molecular weight excluding hydrogens is 122 g/mol. The van der Waals surface area contributed by atoms with Crippen molar-refractivity contribution in [2.75, 3.05) is 0 Å². The molecule has 1 saturated carbocycles. The first-order chi connectivity index (χ1) is 4.02. The van der Waals surface area contributed by atoms with Crippen LogP contribution in [0.15, 0.2) is 12.2 Å². The Balaban J connectivity index is 2.28. The third kappa shape index (κ3) is 1.50. The zero-order valence-electron chi connectivity index (χ0n) is 5.45. The average molecular weight is 132 g/mol. The number of alkyl halides is 2. The molecule has 52 valence electrons. The van der Waals surface area contributed by atoms with Crippen LogP contribution in [0.3, 0.4) is 0 Å². The van der Waals surface area contributed by atoms with E-state index in [9.17, 15) is 8.78 Å². The van der Waals surface area contributed by atoms with Gasteiger partial charge in [-0.1, -0.05) is 5.57 Å². The summed E-state index contributed by atoms with van der Waals surface area (Å²) in [6, 6.07) is 0. The number of halogens is 2. The van der Waals surface area contributed by atoms with E-state index in [-0.39, 0.29) is 6.42 Å². The predicted octanol–water partition coefficient (Wildman–Crippen LogP) is 2.61. The lowest BCUT2D eigenvalue weighted by Crippen LogP contribution is -1.93. The van der Waals surface area contributed by atoms with Crippen molar-refractivity contribution >= 4 is 0 Å². The van der Waals surface area contributed by atoms with Gasteiger partial charge in [-0.05, 0) is 13.3 Å². The van der Waals surface area contributed by atoms with E-state index < -0.39 is 11.8 Å². The van der Waals surface area contributed by atoms with Crippen molar-refractivity contribution in [2.24, 2.45) is 5.92 Å². The number of allylic oxidation sites excluding steroid dienone is 1. The maximum absolute atomic E-state index is 12.1. The zero-order chi connectivity index (χ0) is 7.07. The lowest BCUT2D eigenvalue weighted by atomic mass is 10.2. The smallest absolute Gasteiger partial charge is 0.207 e. The van der Waals surface area contributed by atoms with E-state index in [1.165, 1.54) is 0 Å². The van der Waals surface area contributed by atoms with Gasteiger partial charge in [-0.2, -0.15) is 0 Å². The van der Waals surface area contributed by atoms with Gasteiger partial charge in [0.1, 0.15) is 0 Å². The summed E-state index contributed by atoms with van der Waals surface area (Å²) in [5.74, 6) is -2.76. The van der Waals surface area contributed by atoms with Gasteiger partial charge in [-0.3, -0.25) is 0 Å². The summed E-state index contributed by atoms with van der Waals surface area (Å²) in [4.78, 5) is 0. The third-order valence-electron chi connectivity index (χ3n) is 1.55. The van der Waals surface area contributed by atoms with Crippen molar-refractivity contribution in [1.29, 1.82) is 0 Å². The molecule has 0 aromatic rings. The van der Waals surface area contributed by atoms with E-state index in [1.807, 2.05) is 0 Å². The lowest BCUT2D eigenvalue weighted by molar-refractivity contribution is 0.0989. The summed E-state index contributed by atoms with van der Waals surface area (Å²) >= 11 is 0. The van der Waals surface area contributed by atoms with Gasteiger partial charge in [0, 0.05) is 12.3 Å². The van der Waals surface area contributed by atoms with Gasteiger partial charge in [0.15, 0.2) is 0 Å². The molecule has 0 aromatic carbocycles. The molecule has 0 spiro atoms. The van der Waals surface area contributed by atoms with Crippen molar-refractivity contribution in [3.63, 3.8) is 0 Å². The van der Waals surface area contributed by atoms with Crippen LogP contribution in [0.5, 0.6) is 0 Å². The maximum atomic E-state index is 12.1. The van der Waals surface area contributed by atoms with Crippen LogP contribution in [0.25, 0.3) is 0 Å². The fraction of sp³-hybridized carbons (Fsp3) is 0.714. The molecule has 0 heterocycles. The van der Waals surface area contributed by atoms with Gasteiger partial charge in [0.2, 0.25) is 0 Å². The predicted molar refractivity (Wildman–Crippen MR) is 32.5 cm³/mol. The third-order valence-corrected chi connectivity index (χ3v) is 1.55. The van der Waals surface area contributed by atoms with E-state index in [4.69, 9.17) is 0 Å². The number of rotatable bonds is 2. The summed E-state index contributed by atoms with van der Waals surface area (Å²) in [6.45, 7) is 5.35. The molecule has 1 aliphatic carbocycles. The lowest BCUT2D eigenvalue weighted by Gasteiger charge is -1.94. The van der Waals surface area contributed by atoms with Crippen molar-refractivity contribution in [2.45, 2.75) is 25.7 Å². The largest absolute Gasteiger partial charge is 0.251 e. The molecule has 0 aliphatic heterocycles. The molecule has 0 aromatic heterocycles. The van der Waals surface area contributed by atoms with Gasteiger partial charge in [0.05, 0.1) is 0 Å². The van der Waals surface area contributed by atoms with Gasteiger partial charge >= 0.3 is 0 Å². The molecule has 0 nitrogen and oxygen atoms in total. The van der Waals surface area contributed by atoms with Gasteiger partial charge in [-0.15, -0.1) is 6.58 Å².